The molecule has 0 aliphatic heterocycles. The molecule has 0 aromatic carbocycles. The van der Waals surface area contributed by atoms with Gasteiger partial charge < -0.3 is 4.57 Å². The lowest BCUT2D eigenvalue weighted by Gasteiger charge is -2.30. The van der Waals surface area contributed by atoms with Crippen LogP contribution in [0.3, 0.4) is 0 Å². The molecule has 0 aromatic heterocycles. The van der Waals surface area contributed by atoms with Gasteiger partial charge >= 0.3 is 0 Å². The summed E-state index contributed by atoms with van der Waals surface area (Å²) < 4.78 is 2.46. The SMILES string of the molecule is CN(C)[Si](C)(C)CCCCCCCCCCC#N. The van der Waals surface area contributed by atoms with Gasteiger partial charge in [0.2, 0.25) is 0 Å². The van der Waals surface area contributed by atoms with Gasteiger partial charge in [-0.3, -0.25) is 0 Å². The van der Waals surface area contributed by atoms with Gasteiger partial charge in [-0.25, -0.2) is 0 Å². The van der Waals surface area contributed by atoms with E-state index < -0.39 is 8.24 Å². The molecule has 0 bridgehead atoms. The van der Waals surface area contributed by atoms with Crippen LogP contribution in [0.15, 0.2) is 0 Å². The van der Waals surface area contributed by atoms with Crippen LogP contribution in [0.5, 0.6) is 0 Å². The molecule has 106 valence electrons. The van der Waals surface area contributed by atoms with Crippen LogP contribution in [-0.4, -0.2) is 26.9 Å². The predicted molar refractivity (Wildman–Crippen MR) is 83.1 cm³/mol. The Morgan fingerprint density at radius 1 is 0.833 bits per heavy atom. The van der Waals surface area contributed by atoms with Crippen molar-refractivity contribution >= 4 is 8.24 Å². The number of hydrogen-bond donors (Lipinski definition) is 0. The number of nitrogens with zero attached hydrogens (tertiary/aromatic N) is 2. The molecule has 0 radical (unpaired) electrons. The van der Waals surface area contributed by atoms with E-state index in [9.17, 15) is 0 Å². The lowest BCUT2D eigenvalue weighted by Crippen LogP contribution is -2.43. The minimum absolute atomic E-state index is 0.740. The lowest BCUT2D eigenvalue weighted by molar-refractivity contribution is 0.568. The highest BCUT2D eigenvalue weighted by Crippen LogP contribution is 2.18. The van der Waals surface area contributed by atoms with Crippen LogP contribution in [0.4, 0.5) is 0 Å². The highest BCUT2D eigenvalue weighted by Gasteiger charge is 2.22. The summed E-state index contributed by atoms with van der Waals surface area (Å²) in [6, 6.07) is 3.64. The molecule has 0 saturated heterocycles. The monoisotopic (exact) mass is 268 g/mol. The third-order valence-corrected chi connectivity index (χ3v) is 8.04. The number of rotatable bonds is 11. The van der Waals surface area contributed by atoms with Crippen molar-refractivity contribution in [3.8, 4) is 6.07 Å². The summed E-state index contributed by atoms with van der Waals surface area (Å²) >= 11 is 0. The first kappa shape index (κ1) is 17.7. The van der Waals surface area contributed by atoms with Crippen molar-refractivity contribution in [2.75, 3.05) is 14.1 Å². The molecule has 0 fully saturated rings. The molecule has 0 aromatic rings. The van der Waals surface area contributed by atoms with Crippen LogP contribution < -0.4 is 0 Å². The second kappa shape index (κ2) is 10.6. The Hall–Kier alpha value is -0.333. The van der Waals surface area contributed by atoms with Crippen LogP contribution in [0, 0.1) is 11.3 Å². The molecule has 0 amide bonds. The zero-order valence-electron chi connectivity index (χ0n) is 13.0. The Morgan fingerprint density at radius 2 is 1.28 bits per heavy atom. The molecule has 0 atom stereocenters. The number of unbranched alkanes of at least 4 members (excludes halogenated alkanes) is 8. The van der Waals surface area contributed by atoms with E-state index in [1.165, 1.54) is 51.0 Å². The Kier molecular flexibility index (Phi) is 10.4. The van der Waals surface area contributed by atoms with Crippen molar-refractivity contribution in [2.24, 2.45) is 0 Å². The highest BCUT2D eigenvalue weighted by molar-refractivity contribution is 6.74. The molecule has 0 heterocycles. The van der Waals surface area contributed by atoms with Crippen LogP contribution in [0.25, 0.3) is 0 Å². The van der Waals surface area contributed by atoms with Gasteiger partial charge in [-0.1, -0.05) is 58.0 Å². The molecular formula is C15H32N2Si. The fraction of sp³-hybridized carbons (Fsp3) is 0.933. The number of hydrogen-bond acceptors (Lipinski definition) is 2. The molecule has 0 aliphatic carbocycles. The average Bonchev–Trinajstić information content (AvgIpc) is 2.31. The fourth-order valence-corrected chi connectivity index (χ4v) is 3.61. The minimum Gasteiger partial charge on any atom is -0.329 e. The van der Waals surface area contributed by atoms with Crippen molar-refractivity contribution in [3.63, 3.8) is 0 Å². The Balaban J connectivity index is 3.24. The Morgan fingerprint density at radius 3 is 1.72 bits per heavy atom. The van der Waals surface area contributed by atoms with Crippen molar-refractivity contribution in [3.05, 3.63) is 0 Å². The molecule has 18 heavy (non-hydrogen) atoms. The average molecular weight is 269 g/mol. The lowest BCUT2D eigenvalue weighted by atomic mass is 10.1. The van der Waals surface area contributed by atoms with E-state index in [0.717, 1.165) is 12.8 Å². The first-order valence-electron chi connectivity index (χ1n) is 7.55. The van der Waals surface area contributed by atoms with Crippen LogP contribution >= 0.6 is 0 Å². The van der Waals surface area contributed by atoms with Gasteiger partial charge in [0.25, 0.3) is 0 Å². The van der Waals surface area contributed by atoms with E-state index in [1.54, 1.807) is 0 Å². The van der Waals surface area contributed by atoms with Gasteiger partial charge in [0.1, 0.15) is 8.24 Å². The van der Waals surface area contributed by atoms with Gasteiger partial charge in [0, 0.05) is 6.42 Å². The summed E-state index contributed by atoms with van der Waals surface area (Å²) in [6.45, 7) is 4.92. The maximum absolute atomic E-state index is 8.42. The van der Waals surface area contributed by atoms with Gasteiger partial charge in [0.05, 0.1) is 6.07 Å². The zero-order chi connectivity index (χ0) is 13.9. The zero-order valence-corrected chi connectivity index (χ0v) is 14.0. The second-order valence-corrected chi connectivity index (χ2v) is 11.2. The van der Waals surface area contributed by atoms with Gasteiger partial charge in [-0.05, 0) is 26.6 Å². The molecule has 3 heteroatoms. The van der Waals surface area contributed by atoms with Crippen LogP contribution in [0.2, 0.25) is 19.1 Å². The quantitative estimate of drug-likeness (QED) is 0.398. The summed E-state index contributed by atoms with van der Waals surface area (Å²) in [6.07, 6.45) is 11.4. The summed E-state index contributed by atoms with van der Waals surface area (Å²) in [4.78, 5) is 0. The molecule has 0 unspecified atom stereocenters. The second-order valence-electron chi connectivity index (χ2n) is 6.19. The van der Waals surface area contributed by atoms with Crippen LogP contribution in [-0.2, 0) is 0 Å². The normalized spacial score (nSPS) is 11.8. The molecule has 0 aliphatic rings. The summed E-state index contributed by atoms with van der Waals surface area (Å²) in [7, 11) is 3.39. The van der Waals surface area contributed by atoms with Gasteiger partial charge in [0.15, 0.2) is 0 Å². The number of nitriles is 1. The maximum Gasteiger partial charge on any atom is 0.121 e. The third-order valence-electron chi connectivity index (χ3n) is 4.04. The summed E-state index contributed by atoms with van der Waals surface area (Å²) in [5.74, 6) is 0. The van der Waals surface area contributed by atoms with E-state index in [0.29, 0.717) is 0 Å². The van der Waals surface area contributed by atoms with E-state index in [-0.39, 0.29) is 0 Å². The molecule has 0 rings (SSSR count). The van der Waals surface area contributed by atoms with E-state index in [2.05, 4.69) is 37.8 Å². The molecule has 0 N–H and O–H groups in total. The summed E-state index contributed by atoms with van der Waals surface area (Å²) in [5, 5.41) is 8.42. The Bertz CT molecular complexity index is 231. The smallest absolute Gasteiger partial charge is 0.121 e. The first-order valence-corrected chi connectivity index (χ1v) is 10.7. The topological polar surface area (TPSA) is 27.0 Å². The highest BCUT2D eigenvalue weighted by atomic mass is 28.3. The predicted octanol–water partition coefficient (Wildman–Crippen LogP) is 4.79. The first-order chi connectivity index (χ1) is 8.50. The van der Waals surface area contributed by atoms with Crippen molar-refractivity contribution in [2.45, 2.75) is 76.9 Å². The van der Waals surface area contributed by atoms with E-state index >= 15 is 0 Å². The molecule has 0 spiro atoms. The van der Waals surface area contributed by atoms with Crippen molar-refractivity contribution in [1.29, 1.82) is 5.26 Å². The van der Waals surface area contributed by atoms with Gasteiger partial charge in [-0.15, -0.1) is 0 Å². The summed E-state index contributed by atoms with van der Waals surface area (Å²) in [5.41, 5.74) is 0. The van der Waals surface area contributed by atoms with E-state index in [4.69, 9.17) is 5.26 Å². The maximum atomic E-state index is 8.42. The van der Waals surface area contributed by atoms with Crippen molar-refractivity contribution in [1.82, 2.24) is 4.57 Å². The molecule has 2 nitrogen and oxygen atoms in total. The van der Waals surface area contributed by atoms with Gasteiger partial charge in [-0.2, -0.15) is 5.26 Å². The van der Waals surface area contributed by atoms with E-state index in [1.807, 2.05) is 0 Å². The standard InChI is InChI=1S/C15H32N2Si/c1-17(2)18(3,4)15-13-11-9-7-5-6-8-10-12-14-16/h5-13,15H2,1-4H3. The van der Waals surface area contributed by atoms with Crippen LogP contribution in [0.1, 0.15) is 57.8 Å². The van der Waals surface area contributed by atoms with Crippen molar-refractivity contribution < 1.29 is 0 Å². The third kappa shape index (κ3) is 9.67. The molecule has 0 saturated carbocycles. The Labute approximate surface area is 115 Å². The largest absolute Gasteiger partial charge is 0.329 e. The molecular weight excluding hydrogens is 236 g/mol. The fourth-order valence-electron chi connectivity index (χ4n) is 2.05. The minimum atomic E-state index is -1.07.